The first-order chi connectivity index (χ1) is 13.6. The molecule has 1 fully saturated rings. The van der Waals surface area contributed by atoms with Crippen molar-refractivity contribution in [1.82, 2.24) is 23.6 Å². The molecule has 12 heteroatoms. The minimum absolute atomic E-state index is 0.00930. The fourth-order valence-corrected chi connectivity index (χ4v) is 4.25. The van der Waals surface area contributed by atoms with Gasteiger partial charge in [0.2, 0.25) is 5.95 Å². The molecular weight excluding hydrogens is 409 g/mol. The number of nitrogens with zero attached hydrogens (tertiary/aromatic N) is 5. The number of nitrogens with one attached hydrogen (secondary N) is 1. The van der Waals surface area contributed by atoms with E-state index in [-0.39, 0.29) is 17.7 Å². The second-order valence-corrected chi connectivity index (χ2v) is 8.93. The number of rotatable bonds is 5. The van der Waals surface area contributed by atoms with Gasteiger partial charge in [-0.1, -0.05) is 0 Å². The summed E-state index contributed by atoms with van der Waals surface area (Å²) < 4.78 is 66.4. The van der Waals surface area contributed by atoms with Crippen LogP contribution in [0.15, 0.2) is 30.6 Å². The summed E-state index contributed by atoms with van der Waals surface area (Å²) in [4.78, 5) is 12.1. The molecule has 0 radical (unpaired) electrons. The minimum atomic E-state index is -4.56. The Hall–Kier alpha value is -2.31. The predicted molar refractivity (Wildman–Crippen MR) is 101 cm³/mol. The van der Waals surface area contributed by atoms with Crippen molar-refractivity contribution in [2.24, 2.45) is 0 Å². The number of pyridine rings is 1. The minimum Gasteiger partial charge on any atom is -0.308 e. The molecule has 1 aliphatic heterocycles. The van der Waals surface area contributed by atoms with Crippen LogP contribution in [0.5, 0.6) is 0 Å². The Morgan fingerprint density at radius 3 is 2.45 bits per heavy atom. The summed E-state index contributed by atoms with van der Waals surface area (Å²) in [6.45, 7) is 0.687. The highest BCUT2D eigenvalue weighted by Gasteiger charge is 2.34. The van der Waals surface area contributed by atoms with Crippen molar-refractivity contribution in [1.29, 1.82) is 0 Å². The number of alkyl halides is 3. The lowest BCUT2D eigenvalue weighted by atomic mass is 9.94. The number of anilines is 2. The van der Waals surface area contributed by atoms with Crippen LogP contribution >= 0.6 is 0 Å². The van der Waals surface area contributed by atoms with Crippen LogP contribution in [0.3, 0.4) is 0 Å². The molecule has 0 atom stereocenters. The highest BCUT2D eigenvalue weighted by Crippen LogP contribution is 2.34. The van der Waals surface area contributed by atoms with Gasteiger partial charge in [-0.25, -0.2) is 15.0 Å². The van der Waals surface area contributed by atoms with Crippen molar-refractivity contribution in [2.75, 3.05) is 32.5 Å². The van der Waals surface area contributed by atoms with E-state index in [9.17, 15) is 21.6 Å². The Balaban J connectivity index is 1.74. The van der Waals surface area contributed by atoms with Crippen LogP contribution in [-0.2, 0) is 16.4 Å². The Labute approximate surface area is 167 Å². The van der Waals surface area contributed by atoms with Gasteiger partial charge < -0.3 is 5.32 Å². The van der Waals surface area contributed by atoms with Gasteiger partial charge in [-0.2, -0.15) is 30.2 Å². The molecule has 1 aliphatic rings. The van der Waals surface area contributed by atoms with Crippen molar-refractivity contribution < 1.29 is 21.6 Å². The van der Waals surface area contributed by atoms with Crippen molar-refractivity contribution in [3.63, 3.8) is 0 Å². The summed E-state index contributed by atoms with van der Waals surface area (Å²) >= 11 is 0. The predicted octanol–water partition coefficient (Wildman–Crippen LogP) is 2.62. The lowest BCUT2D eigenvalue weighted by Crippen LogP contribution is -2.44. The van der Waals surface area contributed by atoms with E-state index in [4.69, 9.17) is 0 Å². The van der Waals surface area contributed by atoms with Crippen LogP contribution in [0.25, 0.3) is 0 Å². The van der Waals surface area contributed by atoms with E-state index in [1.807, 2.05) is 0 Å². The molecule has 1 saturated heterocycles. The summed E-state index contributed by atoms with van der Waals surface area (Å²) in [7, 11) is -0.501. The molecule has 3 rings (SSSR count). The number of hydrogen-bond acceptors (Lipinski definition) is 6. The second-order valence-electron chi connectivity index (χ2n) is 6.79. The molecular formula is C17H21F3N6O2S. The summed E-state index contributed by atoms with van der Waals surface area (Å²) in [5.74, 6) is -0.378. The Morgan fingerprint density at radius 2 is 1.83 bits per heavy atom. The smallest absolute Gasteiger partial charge is 0.308 e. The third-order valence-electron chi connectivity index (χ3n) is 4.68. The fraction of sp³-hybridized carbons (Fsp3) is 0.471. The highest BCUT2D eigenvalue weighted by atomic mass is 32.2. The SMILES string of the molecule is CN(C)S(=O)(=O)N1CCC(c2ccnc(Nc3ncccc3C(F)(F)F)n2)CC1. The van der Waals surface area contributed by atoms with Crippen LogP contribution < -0.4 is 5.32 Å². The van der Waals surface area contributed by atoms with Gasteiger partial charge in [0.05, 0.1) is 5.56 Å². The highest BCUT2D eigenvalue weighted by molar-refractivity contribution is 7.86. The summed E-state index contributed by atoms with van der Waals surface area (Å²) in [5.41, 5.74) is -0.259. The molecule has 29 heavy (non-hydrogen) atoms. The Kier molecular flexibility index (Phi) is 6.05. The standard InChI is InChI=1S/C17H21F3N6O2S/c1-25(2)29(27,28)26-10-6-12(7-11-26)14-5-9-22-16(23-14)24-15-13(17(18,19)20)4-3-8-21-15/h3-5,8-9,12H,6-7,10-11H2,1-2H3,(H,21,22,23,24). The Bertz CT molecular complexity index is 960. The third kappa shape index (κ3) is 4.82. The van der Waals surface area contributed by atoms with Crippen molar-refractivity contribution in [2.45, 2.75) is 24.9 Å². The monoisotopic (exact) mass is 430 g/mol. The van der Waals surface area contributed by atoms with Gasteiger partial charge in [0, 0.05) is 51.2 Å². The molecule has 0 unspecified atom stereocenters. The zero-order valence-corrected chi connectivity index (χ0v) is 16.7. The van der Waals surface area contributed by atoms with Crippen molar-refractivity contribution >= 4 is 22.0 Å². The average Bonchev–Trinajstić information content (AvgIpc) is 2.68. The molecule has 2 aromatic heterocycles. The first kappa shape index (κ1) is 21.4. The van der Waals surface area contributed by atoms with E-state index in [0.717, 1.165) is 6.07 Å². The zero-order chi connectivity index (χ0) is 21.2. The Morgan fingerprint density at radius 1 is 1.14 bits per heavy atom. The second kappa shape index (κ2) is 8.20. The van der Waals surface area contributed by atoms with Gasteiger partial charge in [-0.3, -0.25) is 0 Å². The average molecular weight is 430 g/mol. The van der Waals surface area contributed by atoms with Gasteiger partial charge >= 0.3 is 6.18 Å². The van der Waals surface area contributed by atoms with E-state index in [1.54, 1.807) is 6.07 Å². The molecule has 0 bridgehead atoms. The molecule has 158 valence electrons. The number of hydrogen-bond donors (Lipinski definition) is 1. The van der Waals surface area contributed by atoms with Crippen LogP contribution in [-0.4, -0.2) is 59.2 Å². The lowest BCUT2D eigenvalue weighted by Gasteiger charge is -2.32. The number of halogens is 3. The van der Waals surface area contributed by atoms with Gasteiger partial charge in [0.15, 0.2) is 0 Å². The first-order valence-electron chi connectivity index (χ1n) is 8.89. The van der Waals surface area contributed by atoms with E-state index in [1.165, 1.54) is 41.2 Å². The lowest BCUT2D eigenvalue weighted by molar-refractivity contribution is -0.137. The van der Waals surface area contributed by atoms with E-state index in [2.05, 4.69) is 20.3 Å². The van der Waals surface area contributed by atoms with E-state index in [0.29, 0.717) is 31.6 Å². The van der Waals surface area contributed by atoms with Crippen LogP contribution in [0.2, 0.25) is 0 Å². The molecule has 3 heterocycles. The van der Waals surface area contributed by atoms with E-state index < -0.39 is 21.9 Å². The number of aromatic nitrogens is 3. The summed E-state index contributed by atoms with van der Waals surface area (Å²) in [5, 5.41) is 2.54. The van der Waals surface area contributed by atoms with Crippen LogP contribution in [0, 0.1) is 0 Å². The van der Waals surface area contributed by atoms with E-state index >= 15 is 0 Å². The summed E-state index contributed by atoms with van der Waals surface area (Å²) in [6.07, 6.45) is -0.729. The van der Waals surface area contributed by atoms with Crippen molar-refractivity contribution in [3.05, 3.63) is 41.9 Å². The molecule has 2 aromatic rings. The molecule has 1 N–H and O–H groups in total. The molecule has 0 aliphatic carbocycles. The maximum Gasteiger partial charge on any atom is 0.419 e. The van der Waals surface area contributed by atoms with Gasteiger partial charge in [0.1, 0.15) is 5.82 Å². The largest absolute Gasteiger partial charge is 0.419 e. The van der Waals surface area contributed by atoms with Gasteiger partial charge in [0.25, 0.3) is 10.2 Å². The fourth-order valence-electron chi connectivity index (χ4n) is 3.11. The normalized spacial score (nSPS) is 16.9. The quantitative estimate of drug-likeness (QED) is 0.784. The molecule has 0 saturated carbocycles. The maximum atomic E-state index is 13.1. The van der Waals surface area contributed by atoms with Gasteiger partial charge in [-0.15, -0.1) is 0 Å². The van der Waals surface area contributed by atoms with Crippen LogP contribution in [0.1, 0.15) is 30.0 Å². The molecule has 0 aromatic carbocycles. The van der Waals surface area contributed by atoms with Gasteiger partial charge in [-0.05, 0) is 31.0 Å². The zero-order valence-electron chi connectivity index (χ0n) is 15.9. The maximum absolute atomic E-state index is 13.1. The van der Waals surface area contributed by atoms with Crippen LogP contribution in [0.4, 0.5) is 24.9 Å². The molecule has 0 amide bonds. The number of piperidine rings is 1. The first-order valence-corrected chi connectivity index (χ1v) is 10.3. The topological polar surface area (TPSA) is 91.3 Å². The molecule has 8 nitrogen and oxygen atoms in total. The molecule has 0 spiro atoms. The van der Waals surface area contributed by atoms with Crippen molar-refractivity contribution in [3.8, 4) is 0 Å². The summed E-state index contributed by atoms with van der Waals surface area (Å²) in [6, 6.07) is 3.83. The third-order valence-corrected chi connectivity index (χ3v) is 6.62.